The molecule has 3 aromatic rings. The van der Waals surface area contributed by atoms with Crippen molar-refractivity contribution >= 4 is 46.6 Å². The summed E-state index contributed by atoms with van der Waals surface area (Å²) in [5.41, 5.74) is 8.68. The average molecular weight is 654 g/mol. The molecule has 14 heteroatoms. The van der Waals surface area contributed by atoms with E-state index in [-0.39, 0.29) is 33.9 Å². The van der Waals surface area contributed by atoms with Crippen LogP contribution in [0.2, 0.25) is 5.02 Å². The van der Waals surface area contributed by atoms with Crippen molar-refractivity contribution in [2.45, 2.75) is 46.1 Å². The fraction of sp³-hybridized carbons (Fsp3) is 0.312. The van der Waals surface area contributed by atoms with Gasteiger partial charge in [-0.05, 0) is 62.6 Å². The number of carbonyl (C=O) groups excluding carboxylic acids is 3. The maximum atomic E-state index is 14.7. The lowest BCUT2D eigenvalue weighted by atomic mass is 9.95. The third-order valence-electron chi connectivity index (χ3n) is 7.56. The van der Waals surface area contributed by atoms with Crippen LogP contribution in [0.5, 0.6) is 5.88 Å². The van der Waals surface area contributed by atoms with Crippen molar-refractivity contribution in [2.24, 2.45) is 17.5 Å². The summed E-state index contributed by atoms with van der Waals surface area (Å²) in [5, 5.41) is 9.37. The molecule has 0 aliphatic carbocycles. The number of nitrogens with one attached hydrogen (secondary N) is 3. The maximum absolute atomic E-state index is 14.7. The number of hydrogen-bond acceptors (Lipinski definition) is 9. The molecule has 1 aliphatic rings. The van der Waals surface area contributed by atoms with Crippen molar-refractivity contribution in [3.8, 4) is 17.0 Å². The Morgan fingerprint density at radius 2 is 1.96 bits per heavy atom. The average Bonchev–Trinajstić information content (AvgIpc) is 3.03. The lowest BCUT2D eigenvalue weighted by Crippen LogP contribution is -2.38. The van der Waals surface area contributed by atoms with E-state index in [1.165, 1.54) is 32.2 Å². The molecule has 4 rings (SSSR count). The molecule has 12 nitrogen and oxygen atoms in total. The Morgan fingerprint density at radius 3 is 2.67 bits per heavy atom. The van der Waals surface area contributed by atoms with Gasteiger partial charge in [0.25, 0.3) is 5.91 Å². The van der Waals surface area contributed by atoms with Crippen LogP contribution in [-0.4, -0.2) is 36.6 Å². The smallest absolute Gasteiger partial charge is 0.411 e. The number of allylic oxidation sites excluding steroid dienone is 1. The van der Waals surface area contributed by atoms with Crippen LogP contribution >= 0.6 is 11.6 Å². The van der Waals surface area contributed by atoms with Gasteiger partial charge in [0.15, 0.2) is 5.82 Å². The molecule has 2 heterocycles. The molecule has 0 radical (unpaired) electrons. The molecule has 0 spiro atoms. The van der Waals surface area contributed by atoms with Crippen LogP contribution in [-0.2, 0) is 14.3 Å². The molecule has 0 saturated carbocycles. The molecule has 244 valence electrons. The molecule has 7 N–H and O–H groups in total. The van der Waals surface area contributed by atoms with Gasteiger partial charge in [0, 0.05) is 23.2 Å². The molecule has 0 saturated heterocycles. The van der Waals surface area contributed by atoms with Gasteiger partial charge < -0.3 is 25.8 Å². The number of hydrogen-bond donors (Lipinski definition) is 5. The monoisotopic (exact) mass is 653 g/mol. The molecule has 1 aliphatic heterocycles. The first kappa shape index (κ1) is 34.0. The molecule has 46 heavy (non-hydrogen) atoms. The summed E-state index contributed by atoms with van der Waals surface area (Å²) in [5.74, 6) is 4.45. The Morgan fingerprint density at radius 1 is 1.20 bits per heavy atom. The number of carbonyl (C=O) groups is 3. The Hall–Kier alpha value is -4.88. The lowest BCUT2D eigenvalue weighted by molar-refractivity contribution is -0.120. The number of fused-ring (bicyclic) bond motifs is 4. The third-order valence-corrected chi connectivity index (χ3v) is 7.85. The third kappa shape index (κ3) is 7.85. The number of benzene rings is 2. The number of anilines is 3. The predicted molar refractivity (Wildman–Crippen MR) is 174 cm³/mol. The molecule has 2 unspecified atom stereocenters. The minimum Gasteiger partial charge on any atom is -0.478 e. The van der Waals surface area contributed by atoms with E-state index >= 15 is 0 Å². The molecular weight excluding hydrogens is 617 g/mol. The minimum atomic E-state index is -0.755. The van der Waals surface area contributed by atoms with Gasteiger partial charge in [-0.2, -0.15) is 0 Å². The highest BCUT2D eigenvalue weighted by Gasteiger charge is 2.25. The zero-order chi connectivity index (χ0) is 33.5. The molecular formula is C32H37ClFN7O5. The molecule has 2 aromatic carbocycles. The van der Waals surface area contributed by atoms with E-state index in [1.807, 2.05) is 13.8 Å². The number of amides is 3. The molecule has 2 atom stereocenters. The van der Waals surface area contributed by atoms with Crippen LogP contribution in [0.25, 0.3) is 11.1 Å². The van der Waals surface area contributed by atoms with Crippen molar-refractivity contribution in [3.05, 3.63) is 76.5 Å². The second-order valence-corrected chi connectivity index (χ2v) is 11.1. The van der Waals surface area contributed by atoms with Crippen LogP contribution < -0.4 is 37.3 Å². The summed E-state index contributed by atoms with van der Waals surface area (Å²) in [6.07, 6.45) is 0.809. The number of halogens is 2. The van der Waals surface area contributed by atoms with Gasteiger partial charge in [0.1, 0.15) is 5.70 Å². The second-order valence-electron chi connectivity index (χ2n) is 10.7. The summed E-state index contributed by atoms with van der Waals surface area (Å²) in [7, 11) is 1.26. The van der Waals surface area contributed by atoms with Crippen molar-refractivity contribution in [2.75, 3.05) is 29.4 Å². The topological polar surface area (TPSA) is 174 Å². The van der Waals surface area contributed by atoms with Gasteiger partial charge in [-0.15, -0.1) is 0 Å². The van der Waals surface area contributed by atoms with E-state index in [0.29, 0.717) is 59.9 Å². The maximum Gasteiger partial charge on any atom is 0.411 e. The van der Waals surface area contributed by atoms with Crippen LogP contribution in [0.4, 0.5) is 26.2 Å². The zero-order valence-electron chi connectivity index (χ0n) is 25.9. The number of hydrazine groups is 1. The summed E-state index contributed by atoms with van der Waals surface area (Å²) >= 11 is 5.91. The highest BCUT2D eigenvalue weighted by atomic mass is 35.5. The van der Waals surface area contributed by atoms with E-state index in [0.717, 1.165) is 5.01 Å². The molecule has 1 aromatic heterocycles. The van der Waals surface area contributed by atoms with E-state index in [9.17, 15) is 18.8 Å². The van der Waals surface area contributed by atoms with Crippen LogP contribution in [0.1, 0.15) is 51.8 Å². The Labute approximate surface area is 271 Å². The van der Waals surface area contributed by atoms with E-state index in [1.54, 1.807) is 30.3 Å². The summed E-state index contributed by atoms with van der Waals surface area (Å²) < 4.78 is 25.1. The second kappa shape index (κ2) is 14.9. The van der Waals surface area contributed by atoms with Gasteiger partial charge in [-0.1, -0.05) is 37.1 Å². The van der Waals surface area contributed by atoms with Gasteiger partial charge >= 0.3 is 6.09 Å². The first-order valence-electron chi connectivity index (χ1n) is 14.6. The molecule has 0 fully saturated rings. The van der Waals surface area contributed by atoms with Crippen molar-refractivity contribution in [1.29, 1.82) is 0 Å². The van der Waals surface area contributed by atoms with E-state index in [4.69, 9.17) is 32.7 Å². The lowest BCUT2D eigenvalue weighted by Gasteiger charge is -2.25. The van der Waals surface area contributed by atoms with Crippen molar-refractivity contribution in [3.63, 3.8) is 0 Å². The van der Waals surface area contributed by atoms with Crippen molar-refractivity contribution < 1.29 is 28.2 Å². The summed E-state index contributed by atoms with van der Waals surface area (Å²) in [6.45, 7) is 5.45. The summed E-state index contributed by atoms with van der Waals surface area (Å²) in [4.78, 5) is 43.3. The molecule has 3 amide bonds. The number of nitrogens with zero attached hydrogens (tertiary/aromatic N) is 2. The number of pyridine rings is 1. The number of ether oxygens (including phenoxy) is 2. The normalized spacial score (nSPS) is 16.8. The Balaban J connectivity index is 1.76. The highest BCUT2D eigenvalue weighted by molar-refractivity contribution is 6.31. The first-order chi connectivity index (χ1) is 21.9. The van der Waals surface area contributed by atoms with Crippen LogP contribution in [0, 0.1) is 11.7 Å². The largest absolute Gasteiger partial charge is 0.478 e. The Bertz CT molecular complexity index is 1670. The number of aromatic nitrogens is 1. The van der Waals surface area contributed by atoms with Crippen molar-refractivity contribution in [1.82, 2.24) is 10.3 Å². The van der Waals surface area contributed by atoms with Gasteiger partial charge in [-0.3, -0.25) is 19.9 Å². The van der Waals surface area contributed by atoms with Gasteiger partial charge in [0.2, 0.25) is 11.8 Å². The number of rotatable bonds is 7. The fourth-order valence-corrected chi connectivity index (χ4v) is 5.10. The van der Waals surface area contributed by atoms with E-state index in [2.05, 4.69) is 20.9 Å². The van der Waals surface area contributed by atoms with Crippen LogP contribution in [0.15, 0.2) is 59.9 Å². The number of methoxy groups -OCH3 is 1. The first-order valence-corrected chi connectivity index (χ1v) is 15.0. The van der Waals surface area contributed by atoms with E-state index < -0.39 is 23.9 Å². The fourth-order valence-electron chi connectivity index (χ4n) is 4.93. The zero-order valence-corrected chi connectivity index (χ0v) is 26.7. The SMILES string of the molecule is CCOc1cc2cc(n1)C(NC(=O)/C(N)=C(\C)N(N)c1cccc(Cl)c1F)CCCC(C)C(=O)Nc1cc(NC(=O)OC)ccc1-2. The molecule has 2 bridgehead atoms. The van der Waals surface area contributed by atoms with Crippen LogP contribution in [0.3, 0.4) is 0 Å². The standard InChI is InChI=1S/C32H37ClFN7O5/c1-5-46-27-15-19-14-25(38-27)23(39-31(43)29(35)18(3)41(36)26-11-7-9-22(33)28(26)34)10-6-8-17(2)30(42)40-24-16-20(12-13-21(19)24)37-32(44)45-4/h7,9,11-17,23H,5-6,8,10,35-36H2,1-4H3,(H,37,44)(H,39,43)(H,40,42)/b29-18-. The Kier molecular flexibility index (Phi) is 11.0. The van der Waals surface area contributed by atoms with Gasteiger partial charge in [-0.25, -0.2) is 20.0 Å². The number of nitrogens with two attached hydrogens (primary N) is 2. The van der Waals surface area contributed by atoms with Gasteiger partial charge in [0.05, 0.1) is 47.5 Å². The highest BCUT2D eigenvalue weighted by Crippen LogP contribution is 2.36. The summed E-state index contributed by atoms with van der Waals surface area (Å²) in [6, 6.07) is 12.2. The predicted octanol–water partition coefficient (Wildman–Crippen LogP) is 5.60. The minimum absolute atomic E-state index is 0.0571. The quantitative estimate of drug-likeness (QED) is 0.123.